The lowest BCUT2D eigenvalue weighted by Crippen LogP contribution is -2.56. The van der Waals surface area contributed by atoms with E-state index in [-0.39, 0.29) is 6.04 Å². The number of nitrogens with zero attached hydrogens (tertiary/aromatic N) is 2. The third kappa shape index (κ3) is 4.51. The number of piperazine rings is 1. The van der Waals surface area contributed by atoms with Crippen molar-refractivity contribution in [1.29, 1.82) is 0 Å². The lowest BCUT2D eigenvalue weighted by Gasteiger charge is -2.47. The van der Waals surface area contributed by atoms with Crippen molar-refractivity contribution >= 4 is 22.9 Å². The third-order valence-corrected chi connectivity index (χ3v) is 6.94. The molecule has 29 heavy (non-hydrogen) atoms. The molecule has 152 valence electrons. The van der Waals surface area contributed by atoms with Crippen LogP contribution in [0.3, 0.4) is 0 Å². The molecule has 2 heterocycles. The Labute approximate surface area is 182 Å². The highest BCUT2D eigenvalue weighted by Crippen LogP contribution is 2.35. The molecule has 0 bridgehead atoms. The lowest BCUT2D eigenvalue weighted by atomic mass is 9.95. The van der Waals surface area contributed by atoms with E-state index in [1.165, 1.54) is 11.1 Å². The highest BCUT2D eigenvalue weighted by Gasteiger charge is 2.35. The highest BCUT2D eigenvalue weighted by atomic mass is 35.5. The first-order chi connectivity index (χ1) is 14.0. The fraction of sp³-hybridized carbons (Fsp3) is 0.333. The number of aromatic hydroxyl groups is 1. The molecular weight excluding hydrogens is 400 g/mol. The van der Waals surface area contributed by atoms with Crippen molar-refractivity contribution in [3.05, 3.63) is 87.1 Å². The summed E-state index contributed by atoms with van der Waals surface area (Å²) >= 11 is 8.13. The summed E-state index contributed by atoms with van der Waals surface area (Å²) in [6, 6.07) is 18.9. The van der Waals surface area contributed by atoms with Gasteiger partial charge in [-0.15, -0.1) is 0 Å². The van der Waals surface area contributed by atoms with Gasteiger partial charge in [0.2, 0.25) is 0 Å². The molecule has 1 saturated heterocycles. The predicted octanol–water partition coefficient (Wildman–Crippen LogP) is 5.79. The molecule has 0 amide bonds. The Morgan fingerprint density at radius 2 is 1.86 bits per heavy atom. The van der Waals surface area contributed by atoms with Gasteiger partial charge in [0, 0.05) is 36.7 Å². The molecule has 4 rings (SSSR count). The molecule has 1 aromatic heterocycles. The number of hydrogen-bond donors (Lipinski definition) is 1. The standard InChI is InChI=1S/C24H27ClN2OS/c1-17-14-27(18(2)13-26(17)15-20-6-3-4-9-23(20)25)24(21-10-11-29-16-21)19-7-5-8-22(28)12-19/h3-12,16-18,24,28H,13-15H2,1-2H3/t17-,18+,24+/m1/s1. The molecule has 5 heteroatoms. The minimum Gasteiger partial charge on any atom is -0.508 e. The lowest BCUT2D eigenvalue weighted by molar-refractivity contribution is 0.0196. The van der Waals surface area contributed by atoms with E-state index >= 15 is 0 Å². The Morgan fingerprint density at radius 3 is 2.59 bits per heavy atom. The van der Waals surface area contributed by atoms with E-state index in [9.17, 15) is 5.11 Å². The average molecular weight is 427 g/mol. The van der Waals surface area contributed by atoms with Gasteiger partial charge < -0.3 is 5.11 Å². The first-order valence-electron chi connectivity index (χ1n) is 10.1. The normalized spacial score (nSPS) is 21.9. The molecule has 1 fully saturated rings. The van der Waals surface area contributed by atoms with Crippen molar-refractivity contribution < 1.29 is 5.11 Å². The van der Waals surface area contributed by atoms with Gasteiger partial charge in [-0.25, -0.2) is 0 Å². The van der Waals surface area contributed by atoms with Gasteiger partial charge >= 0.3 is 0 Å². The highest BCUT2D eigenvalue weighted by molar-refractivity contribution is 7.08. The van der Waals surface area contributed by atoms with Crippen LogP contribution in [-0.2, 0) is 6.54 Å². The zero-order valence-electron chi connectivity index (χ0n) is 16.8. The number of halogens is 1. The first-order valence-corrected chi connectivity index (χ1v) is 11.4. The molecule has 3 aromatic rings. The summed E-state index contributed by atoms with van der Waals surface area (Å²) in [5.41, 5.74) is 3.62. The van der Waals surface area contributed by atoms with Crippen LogP contribution in [0, 0.1) is 0 Å². The van der Waals surface area contributed by atoms with Crippen LogP contribution in [-0.4, -0.2) is 40.1 Å². The van der Waals surface area contributed by atoms with Crippen molar-refractivity contribution in [2.24, 2.45) is 0 Å². The summed E-state index contributed by atoms with van der Waals surface area (Å²) in [5, 5.41) is 15.3. The summed E-state index contributed by atoms with van der Waals surface area (Å²) in [6.45, 7) is 7.40. The molecule has 0 unspecified atom stereocenters. The smallest absolute Gasteiger partial charge is 0.115 e. The maximum absolute atomic E-state index is 10.1. The summed E-state index contributed by atoms with van der Waals surface area (Å²) < 4.78 is 0. The van der Waals surface area contributed by atoms with Gasteiger partial charge in [-0.1, -0.05) is 41.9 Å². The molecule has 0 spiro atoms. The fourth-order valence-corrected chi connectivity index (χ4v) is 5.23. The maximum atomic E-state index is 10.1. The van der Waals surface area contributed by atoms with Gasteiger partial charge in [0.1, 0.15) is 5.75 Å². The quantitative estimate of drug-likeness (QED) is 0.559. The second kappa shape index (κ2) is 8.88. The molecule has 1 aliphatic rings. The largest absolute Gasteiger partial charge is 0.508 e. The second-order valence-corrected chi connectivity index (χ2v) is 9.16. The van der Waals surface area contributed by atoms with Crippen LogP contribution in [0.1, 0.15) is 36.6 Å². The van der Waals surface area contributed by atoms with Crippen molar-refractivity contribution in [1.82, 2.24) is 9.80 Å². The van der Waals surface area contributed by atoms with E-state index in [1.54, 1.807) is 17.4 Å². The van der Waals surface area contributed by atoms with E-state index in [0.717, 1.165) is 30.2 Å². The molecule has 1 aliphatic heterocycles. The second-order valence-electron chi connectivity index (χ2n) is 7.97. The Hall–Kier alpha value is -1.85. The SMILES string of the molecule is C[C@@H]1CN([C@H](c2ccsc2)c2cccc(O)c2)[C@@H](C)CN1Cc1ccccc1Cl. The first kappa shape index (κ1) is 20.4. The zero-order valence-corrected chi connectivity index (χ0v) is 18.4. The van der Waals surface area contributed by atoms with Crippen molar-refractivity contribution in [2.45, 2.75) is 38.5 Å². The minimum absolute atomic E-state index is 0.147. The predicted molar refractivity (Wildman–Crippen MR) is 122 cm³/mol. The van der Waals surface area contributed by atoms with E-state index in [0.29, 0.717) is 17.8 Å². The van der Waals surface area contributed by atoms with Gasteiger partial charge in [-0.2, -0.15) is 11.3 Å². The summed E-state index contributed by atoms with van der Waals surface area (Å²) in [7, 11) is 0. The molecule has 1 N–H and O–H groups in total. The number of phenols is 1. The van der Waals surface area contributed by atoms with Crippen LogP contribution in [0.15, 0.2) is 65.4 Å². The molecule has 3 atom stereocenters. The van der Waals surface area contributed by atoms with Crippen LogP contribution in [0.5, 0.6) is 5.75 Å². The van der Waals surface area contributed by atoms with Gasteiger partial charge in [-0.3, -0.25) is 9.80 Å². The third-order valence-electron chi connectivity index (χ3n) is 5.87. The van der Waals surface area contributed by atoms with Crippen LogP contribution in [0.2, 0.25) is 5.02 Å². The van der Waals surface area contributed by atoms with Crippen LogP contribution >= 0.6 is 22.9 Å². The molecular formula is C24H27ClN2OS. The van der Waals surface area contributed by atoms with Crippen molar-refractivity contribution in [2.75, 3.05) is 13.1 Å². The zero-order chi connectivity index (χ0) is 20.4. The molecule has 2 aromatic carbocycles. The minimum atomic E-state index is 0.147. The Kier molecular flexibility index (Phi) is 6.26. The summed E-state index contributed by atoms with van der Waals surface area (Å²) in [4.78, 5) is 5.10. The number of thiophene rings is 1. The fourth-order valence-electron chi connectivity index (χ4n) is 4.35. The number of rotatable bonds is 5. The average Bonchev–Trinajstić information content (AvgIpc) is 3.22. The van der Waals surface area contributed by atoms with E-state index in [1.807, 2.05) is 24.3 Å². The topological polar surface area (TPSA) is 26.7 Å². The van der Waals surface area contributed by atoms with Gasteiger partial charge in [0.25, 0.3) is 0 Å². The molecule has 0 saturated carbocycles. The Balaban J connectivity index is 1.58. The number of benzene rings is 2. The Bertz CT molecular complexity index is 946. The van der Waals surface area contributed by atoms with Crippen molar-refractivity contribution in [3.8, 4) is 5.75 Å². The van der Waals surface area contributed by atoms with Crippen LogP contribution in [0.4, 0.5) is 0 Å². The van der Waals surface area contributed by atoms with Crippen LogP contribution < -0.4 is 0 Å². The van der Waals surface area contributed by atoms with Gasteiger partial charge in [-0.05, 0) is 65.6 Å². The van der Waals surface area contributed by atoms with Gasteiger partial charge in [0.05, 0.1) is 6.04 Å². The molecule has 0 radical (unpaired) electrons. The van der Waals surface area contributed by atoms with Crippen LogP contribution in [0.25, 0.3) is 0 Å². The van der Waals surface area contributed by atoms with E-state index in [4.69, 9.17) is 11.6 Å². The molecule has 3 nitrogen and oxygen atoms in total. The maximum Gasteiger partial charge on any atom is 0.115 e. The molecule has 0 aliphatic carbocycles. The summed E-state index contributed by atoms with van der Waals surface area (Å²) in [5.74, 6) is 0.320. The van der Waals surface area contributed by atoms with Gasteiger partial charge in [0.15, 0.2) is 0 Å². The monoisotopic (exact) mass is 426 g/mol. The van der Waals surface area contributed by atoms with E-state index in [2.05, 4.69) is 58.7 Å². The number of phenolic OH excluding ortho intramolecular Hbond substituents is 1. The van der Waals surface area contributed by atoms with Crippen molar-refractivity contribution in [3.63, 3.8) is 0 Å². The number of hydrogen-bond acceptors (Lipinski definition) is 4. The summed E-state index contributed by atoms with van der Waals surface area (Å²) in [6.07, 6.45) is 0. The Morgan fingerprint density at radius 1 is 1.03 bits per heavy atom. The van der Waals surface area contributed by atoms with E-state index < -0.39 is 0 Å².